The number of fused-ring (bicyclic) bond motifs is 2. The Kier molecular flexibility index (Phi) is 4.95. The first-order valence-corrected chi connectivity index (χ1v) is 9.47. The molecular weight excluding hydrogens is 405 g/mol. The van der Waals surface area contributed by atoms with Crippen molar-refractivity contribution in [1.29, 1.82) is 0 Å². The first kappa shape index (κ1) is 19.7. The van der Waals surface area contributed by atoms with Gasteiger partial charge >= 0.3 is 6.18 Å². The molecule has 0 radical (unpaired) electrons. The molecule has 0 saturated carbocycles. The number of alkyl halides is 3. The molecule has 152 valence electrons. The topological polar surface area (TPSA) is 71.4 Å². The zero-order chi connectivity index (χ0) is 20.8. The summed E-state index contributed by atoms with van der Waals surface area (Å²) < 4.78 is 42.2. The third kappa shape index (κ3) is 3.44. The van der Waals surface area contributed by atoms with E-state index in [4.69, 9.17) is 11.6 Å². The minimum Gasteiger partial charge on any atom is -0.316 e. The van der Waals surface area contributed by atoms with E-state index < -0.39 is 11.9 Å². The Morgan fingerprint density at radius 3 is 2.69 bits per heavy atom. The fourth-order valence-corrected chi connectivity index (χ4v) is 3.68. The first-order valence-electron chi connectivity index (χ1n) is 9.09. The maximum Gasteiger partial charge on any atom is 0.433 e. The summed E-state index contributed by atoms with van der Waals surface area (Å²) in [6.45, 7) is 2.23. The molecule has 0 fully saturated rings. The second-order valence-corrected chi connectivity index (χ2v) is 7.15. The van der Waals surface area contributed by atoms with Crippen molar-refractivity contribution in [2.75, 3.05) is 7.05 Å². The normalized spacial score (nSPS) is 12.3. The Labute approximate surface area is 169 Å². The number of hydrogen-bond donors (Lipinski definition) is 2. The molecule has 0 bridgehead atoms. The number of H-pyrrole nitrogens is 1. The Bertz CT molecular complexity index is 1190. The van der Waals surface area contributed by atoms with Crippen molar-refractivity contribution in [1.82, 2.24) is 30.0 Å². The van der Waals surface area contributed by atoms with Gasteiger partial charge in [0, 0.05) is 18.4 Å². The fraction of sp³-hybridized carbons (Fsp3) is 0.316. The number of aromatic nitrogens is 5. The van der Waals surface area contributed by atoms with Gasteiger partial charge < -0.3 is 5.32 Å². The third-order valence-electron chi connectivity index (χ3n) is 4.64. The summed E-state index contributed by atoms with van der Waals surface area (Å²) in [6, 6.07) is 4.55. The Balaban J connectivity index is 2.07. The van der Waals surface area contributed by atoms with Crippen molar-refractivity contribution < 1.29 is 13.2 Å². The smallest absolute Gasteiger partial charge is 0.316 e. The Hall–Kier alpha value is -2.65. The van der Waals surface area contributed by atoms with E-state index in [1.807, 2.05) is 13.0 Å². The number of rotatable bonds is 5. The molecular formula is C19H18ClF3N6. The number of imidazole rings is 1. The van der Waals surface area contributed by atoms with Gasteiger partial charge in [-0.1, -0.05) is 18.5 Å². The van der Waals surface area contributed by atoms with Crippen LogP contribution in [0.5, 0.6) is 0 Å². The van der Waals surface area contributed by atoms with E-state index in [9.17, 15) is 13.2 Å². The van der Waals surface area contributed by atoms with Crippen LogP contribution >= 0.6 is 11.6 Å². The van der Waals surface area contributed by atoms with Crippen LogP contribution in [0.3, 0.4) is 0 Å². The molecule has 3 heterocycles. The van der Waals surface area contributed by atoms with E-state index in [-0.39, 0.29) is 12.2 Å². The maximum atomic E-state index is 13.5. The highest BCUT2D eigenvalue weighted by molar-refractivity contribution is 6.35. The highest BCUT2D eigenvalue weighted by atomic mass is 35.5. The van der Waals surface area contributed by atoms with Crippen LogP contribution < -0.4 is 5.32 Å². The summed E-state index contributed by atoms with van der Waals surface area (Å²) >= 11 is 6.37. The molecule has 0 saturated heterocycles. The average Bonchev–Trinajstić information content (AvgIpc) is 3.26. The van der Waals surface area contributed by atoms with E-state index >= 15 is 0 Å². The second-order valence-electron chi connectivity index (χ2n) is 6.74. The summed E-state index contributed by atoms with van der Waals surface area (Å²) in [7, 11) is 1.68. The van der Waals surface area contributed by atoms with Crippen molar-refractivity contribution in [2.24, 2.45) is 0 Å². The largest absolute Gasteiger partial charge is 0.433 e. The minimum absolute atomic E-state index is 0.160. The first-order chi connectivity index (χ1) is 13.8. The van der Waals surface area contributed by atoms with Crippen LogP contribution in [0.15, 0.2) is 24.4 Å². The number of nitrogens with zero attached hydrogens (tertiary/aromatic N) is 4. The average molecular weight is 423 g/mol. The SMILES string of the molecule is CCCc1nc2c(CNC)cc(C(F)(F)F)nc2n1-c1cc(Cl)c2[nH]ncc2c1. The summed E-state index contributed by atoms with van der Waals surface area (Å²) in [5, 5.41) is 10.9. The molecule has 0 aliphatic carbocycles. The predicted octanol–water partition coefficient (Wildman–Crippen LogP) is 4.64. The molecule has 0 spiro atoms. The third-order valence-corrected chi connectivity index (χ3v) is 4.94. The van der Waals surface area contributed by atoms with Gasteiger partial charge in [-0.05, 0) is 37.2 Å². The van der Waals surface area contributed by atoms with Gasteiger partial charge in [0.15, 0.2) is 5.65 Å². The lowest BCUT2D eigenvalue weighted by molar-refractivity contribution is -0.141. The van der Waals surface area contributed by atoms with E-state index in [2.05, 4.69) is 25.5 Å². The molecule has 2 N–H and O–H groups in total. The zero-order valence-corrected chi connectivity index (χ0v) is 16.5. The van der Waals surface area contributed by atoms with Crippen LogP contribution in [0.1, 0.15) is 30.4 Å². The van der Waals surface area contributed by atoms with E-state index in [0.717, 1.165) is 17.9 Å². The molecule has 4 rings (SSSR count). The van der Waals surface area contributed by atoms with Gasteiger partial charge in [0.2, 0.25) is 0 Å². The maximum absolute atomic E-state index is 13.5. The van der Waals surface area contributed by atoms with E-state index in [1.54, 1.807) is 23.9 Å². The van der Waals surface area contributed by atoms with Gasteiger partial charge in [-0.2, -0.15) is 18.3 Å². The van der Waals surface area contributed by atoms with Crippen molar-refractivity contribution in [3.8, 4) is 5.69 Å². The van der Waals surface area contributed by atoms with Gasteiger partial charge in [0.25, 0.3) is 0 Å². The molecule has 3 aromatic heterocycles. The van der Waals surface area contributed by atoms with Crippen LogP contribution in [-0.2, 0) is 19.1 Å². The highest BCUT2D eigenvalue weighted by Gasteiger charge is 2.34. The molecule has 10 heteroatoms. The second kappa shape index (κ2) is 7.31. The molecule has 0 atom stereocenters. The minimum atomic E-state index is -4.57. The van der Waals surface area contributed by atoms with Crippen molar-refractivity contribution in [3.63, 3.8) is 0 Å². The lowest BCUT2D eigenvalue weighted by Crippen LogP contribution is -2.13. The molecule has 0 amide bonds. The standard InChI is InChI=1S/C19H18ClF3N6/c1-3-4-15-27-17-11(8-24-2)6-14(19(21,22)23)26-18(17)29(15)12-5-10-9-25-28-16(10)13(20)7-12/h5-7,9,24H,3-4,8H2,1-2H3,(H,25,28). The number of hydrogen-bond acceptors (Lipinski definition) is 4. The number of aryl methyl sites for hydroxylation is 1. The summed E-state index contributed by atoms with van der Waals surface area (Å²) in [5.74, 6) is 0.630. The number of nitrogens with one attached hydrogen (secondary N) is 2. The molecule has 0 aliphatic heterocycles. The Morgan fingerprint density at radius 1 is 1.21 bits per heavy atom. The van der Waals surface area contributed by atoms with Gasteiger partial charge in [-0.15, -0.1) is 0 Å². The molecule has 0 unspecified atom stereocenters. The van der Waals surface area contributed by atoms with E-state index in [1.165, 1.54) is 0 Å². The number of aromatic amines is 1. The number of benzene rings is 1. The van der Waals surface area contributed by atoms with Gasteiger partial charge in [0.1, 0.15) is 17.0 Å². The summed E-state index contributed by atoms with van der Waals surface area (Å²) in [5.41, 5.74) is 1.35. The highest BCUT2D eigenvalue weighted by Crippen LogP contribution is 2.34. The lowest BCUT2D eigenvalue weighted by Gasteiger charge is -2.12. The monoisotopic (exact) mass is 422 g/mol. The van der Waals surface area contributed by atoms with Crippen LogP contribution in [0.25, 0.3) is 27.8 Å². The fourth-order valence-electron chi connectivity index (χ4n) is 3.42. The van der Waals surface area contributed by atoms with Crippen LogP contribution in [0.4, 0.5) is 13.2 Å². The molecule has 4 aromatic rings. The van der Waals surface area contributed by atoms with Crippen molar-refractivity contribution in [2.45, 2.75) is 32.5 Å². The van der Waals surface area contributed by atoms with Crippen LogP contribution in [0, 0.1) is 0 Å². The summed E-state index contributed by atoms with van der Waals surface area (Å²) in [6.07, 6.45) is -1.59. The molecule has 1 aromatic carbocycles. The van der Waals surface area contributed by atoms with Gasteiger partial charge in [0.05, 0.1) is 22.4 Å². The van der Waals surface area contributed by atoms with Crippen molar-refractivity contribution >= 4 is 33.7 Å². The van der Waals surface area contributed by atoms with Gasteiger partial charge in [-0.3, -0.25) is 9.67 Å². The van der Waals surface area contributed by atoms with Crippen LogP contribution in [0.2, 0.25) is 5.02 Å². The zero-order valence-electron chi connectivity index (χ0n) is 15.7. The number of pyridine rings is 1. The van der Waals surface area contributed by atoms with Gasteiger partial charge in [-0.25, -0.2) is 9.97 Å². The molecule has 6 nitrogen and oxygen atoms in total. The van der Waals surface area contributed by atoms with Crippen molar-refractivity contribution in [3.05, 3.63) is 46.5 Å². The quantitative estimate of drug-likeness (QED) is 0.491. The summed E-state index contributed by atoms with van der Waals surface area (Å²) in [4.78, 5) is 8.59. The lowest BCUT2D eigenvalue weighted by atomic mass is 10.2. The van der Waals surface area contributed by atoms with E-state index in [0.29, 0.717) is 39.6 Å². The molecule has 29 heavy (non-hydrogen) atoms. The Morgan fingerprint density at radius 2 is 2.00 bits per heavy atom. The van der Waals surface area contributed by atoms with Crippen LogP contribution in [-0.4, -0.2) is 31.8 Å². The predicted molar refractivity (Wildman–Crippen MR) is 105 cm³/mol. The number of halogens is 4. The molecule has 0 aliphatic rings.